The molecule has 0 amide bonds. The van der Waals surface area contributed by atoms with E-state index >= 15 is 0 Å². The lowest BCUT2D eigenvalue weighted by Gasteiger charge is -2.26. The number of aryl methyl sites for hydroxylation is 3. The summed E-state index contributed by atoms with van der Waals surface area (Å²) < 4.78 is 0. The Hall–Kier alpha value is -3.32. The molecule has 0 saturated heterocycles. The normalized spacial score (nSPS) is 10.7. The van der Waals surface area contributed by atoms with Crippen molar-refractivity contribution in [1.82, 2.24) is 0 Å². The predicted octanol–water partition coefficient (Wildman–Crippen LogP) is 7.75. The maximum absolute atomic E-state index is 2.32. The van der Waals surface area contributed by atoms with Gasteiger partial charge < -0.3 is 4.90 Å². The van der Waals surface area contributed by atoms with E-state index < -0.39 is 0 Å². The van der Waals surface area contributed by atoms with Gasteiger partial charge in [0.25, 0.3) is 0 Å². The Balaban J connectivity index is 1.78. The maximum Gasteiger partial charge on any atom is 0.0464 e. The molecule has 0 aliphatic carbocycles. The van der Waals surface area contributed by atoms with E-state index in [0.717, 1.165) is 5.69 Å². The monoisotopic (exact) mass is 363 g/mol. The van der Waals surface area contributed by atoms with E-state index in [9.17, 15) is 0 Å². The van der Waals surface area contributed by atoms with Gasteiger partial charge in [-0.15, -0.1) is 0 Å². The van der Waals surface area contributed by atoms with Crippen molar-refractivity contribution in [3.8, 4) is 11.1 Å². The van der Waals surface area contributed by atoms with Gasteiger partial charge in [0.15, 0.2) is 0 Å². The number of hydrogen-bond donors (Lipinski definition) is 0. The first-order valence-electron chi connectivity index (χ1n) is 9.71. The number of hydrogen-bond acceptors (Lipinski definition) is 1. The molecule has 4 aromatic rings. The molecule has 0 atom stereocenters. The first-order chi connectivity index (χ1) is 13.6. The highest BCUT2D eigenvalue weighted by Crippen LogP contribution is 2.36. The number of anilines is 3. The Morgan fingerprint density at radius 3 is 1.61 bits per heavy atom. The van der Waals surface area contributed by atoms with Crippen LogP contribution >= 0.6 is 0 Å². The van der Waals surface area contributed by atoms with Crippen LogP contribution < -0.4 is 4.90 Å². The zero-order valence-electron chi connectivity index (χ0n) is 16.7. The van der Waals surface area contributed by atoms with E-state index in [1.807, 2.05) is 0 Å². The largest absolute Gasteiger partial charge is 0.310 e. The van der Waals surface area contributed by atoms with Gasteiger partial charge in [-0.3, -0.25) is 0 Å². The first-order valence-corrected chi connectivity index (χ1v) is 9.71. The SMILES string of the molecule is Cc1ccc(N(c2ccc(-c3ccccc3)cc2)c2ccc(C)c(C)c2)cc1. The number of rotatable bonds is 4. The van der Waals surface area contributed by atoms with Gasteiger partial charge in [-0.25, -0.2) is 0 Å². The molecule has 0 bridgehead atoms. The van der Waals surface area contributed by atoms with Gasteiger partial charge in [0, 0.05) is 17.1 Å². The fourth-order valence-corrected chi connectivity index (χ4v) is 3.44. The molecule has 0 aromatic heterocycles. The minimum Gasteiger partial charge on any atom is -0.310 e. The van der Waals surface area contributed by atoms with E-state index in [0.29, 0.717) is 0 Å². The van der Waals surface area contributed by atoms with Gasteiger partial charge in [-0.2, -0.15) is 0 Å². The van der Waals surface area contributed by atoms with Crippen molar-refractivity contribution < 1.29 is 0 Å². The summed E-state index contributed by atoms with van der Waals surface area (Å²) in [5, 5.41) is 0. The van der Waals surface area contributed by atoms with Gasteiger partial charge >= 0.3 is 0 Å². The van der Waals surface area contributed by atoms with Crippen molar-refractivity contribution in [2.75, 3.05) is 4.90 Å². The van der Waals surface area contributed by atoms with Crippen molar-refractivity contribution in [3.63, 3.8) is 0 Å². The van der Waals surface area contributed by atoms with Crippen LogP contribution in [-0.2, 0) is 0 Å². The highest BCUT2D eigenvalue weighted by atomic mass is 15.1. The van der Waals surface area contributed by atoms with Crippen LogP contribution in [0.5, 0.6) is 0 Å². The van der Waals surface area contributed by atoms with E-state index in [1.165, 1.54) is 39.2 Å². The smallest absolute Gasteiger partial charge is 0.0464 e. The molecule has 28 heavy (non-hydrogen) atoms. The lowest BCUT2D eigenvalue weighted by atomic mass is 10.0. The van der Waals surface area contributed by atoms with E-state index in [2.05, 4.69) is 123 Å². The molecule has 138 valence electrons. The van der Waals surface area contributed by atoms with Gasteiger partial charge in [-0.1, -0.05) is 66.2 Å². The van der Waals surface area contributed by atoms with Crippen molar-refractivity contribution in [3.05, 3.63) is 114 Å². The van der Waals surface area contributed by atoms with Crippen LogP contribution in [0.1, 0.15) is 16.7 Å². The van der Waals surface area contributed by atoms with Crippen LogP contribution in [-0.4, -0.2) is 0 Å². The van der Waals surface area contributed by atoms with Gasteiger partial charge in [0.2, 0.25) is 0 Å². The van der Waals surface area contributed by atoms with Crippen LogP contribution in [0.3, 0.4) is 0 Å². The zero-order chi connectivity index (χ0) is 19.5. The second-order valence-corrected chi connectivity index (χ2v) is 7.35. The number of nitrogens with zero attached hydrogens (tertiary/aromatic N) is 1. The first kappa shape index (κ1) is 18.1. The summed E-state index contributed by atoms with van der Waals surface area (Å²) in [7, 11) is 0. The Morgan fingerprint density at radius 1 is 0.464 bits per heavy atom. The minimum atomic E-state index is 1.16. The van der Waals surface area contributed by atoms with Crippen molar-refractivity contribution >= 4 is 17.1 Å². The summed E-state index contributed by atoms with van der Waals surface area (Å²) in [5.74, 6) is 0. The Labute approximate surface area is 167 Å². The van der Waals surface area contributed by atoms with Crippen molar-refractivity contribution in [1.29, 1.82) is 0 Å². The fraction of sp³-hybridized carbons (Fsp3) is 0.111. The van der Waals surface area contributed by atoms with Gasteiger partial charge in [-0.05, 0) is 79.4 Å². The standard InChI is InChI=1S/C27H25N/c1-20-9-14-25(15-10-20)28(27-16-11-21(2)22(3)19-27)26-17-12-24(13-18-26)23-7-5-4-6-8-23/h4-19H,1-3H3. The molecule has 0 unspecified atom stereocenters. The second-order valence-electron chi connectivity index (χ2n) is 7.35. The maximum atomic E-state index is 2.32. The highest BCUT2D eigenvalue weighted by molar-refractivity contribution is 5.78. The third-order valence-electron chi connectivity index (χ3n) is 5.27. The molecule has 0 heterocycles. The fourth-order valence-electron chi connectivity index (χ4n) is 3.44. The molecule has 1 nitrogen and oxygen atoms in total. The Morgan fingerprint density at radius 2 is 1.00 bits per heavy atom. The third-order valence-corrected chi connectivity index (χ3v) is 5.27. The molecule has 4 aromatic carbocycles. The summed E-state index contributed by atoms with van der Waals surface area (Å²) in [6, 6.07) is 34.7. The van der Waals surface area contributed by atoms with Crippen LogP contribution in [0.4, 0.5) is 17.1 Å². The van der Waals surface area contributed by atoms with Crippen molar-refractivity contribution in [2.45, 2.75) is 20.8 Å². The Bertz CT molecular complexity index is 1060. The zero-order valence-corrected chi connectivity index (χ0v) is 16.7. The topological polar surface area (TPSA) is 3.24 Å². The lowest BCUT2D eigenvalue weighted by molar-refractivity contribution is 1.25. The average molecular weight is 364 g/mol. The van der Waals surface area contributed by atoms with Crippen LogP contribution in [0.2, 0.25) is 0 Å². The molecule has 0 saturated carbocycles. The quantitative estimate of drug-likeness (QED) is 0.358. The number of benzene rings is 4. The molecular formula is C27H25N. The summed E-state index contributed by atoms with van der Waals surface area (Å²) in [4.78, 5) is 2.32. The molecule has 0 fully saturated rings. The Kier molecular flexibility index (Phi) is 4.99. The second kappa shape index (κ2) is 7.74. The molecule has 0 spiro atoms. The highest BCUT2D eigenvalue weighted by Gasteiger charge is 2.13. The van der Waals surface area contributed by atoms with E-state index in [-0.39, 0.29) is 0 Å². The van der Waals surface area contributed by atoms with E-state index in [1.54, 1.807) is 0 Å². The molecular weight excluding hydrogens is 338 g/mol. The van der Waals surface area contributed by atoms with Crippen LogP contribution in [0.15, 0.2) is 97.1 Å². The molecule has 1 heteroatoms. The average Bonchev–Trinajstić information content (AvgIpc) is 2.73. The van der Waals surface area contributed by atoms with Gasteiger partial charge in [0.05, 0.1) is 0 Å². The van der Waals surface area contributed by atoms with E-state index in [4.69, 9.17) is 0 Å². The molecule has 4 rings (SSSR count). The van der Waals surface area contributed by atoms with Crippen molar-refractivity contribution in [2.24, 2.45) is 0 Å². The summed E-state index contributed by atoms with van der Waals surface area (Å²) >= 11 is 0. The van der Waals surface area contributed by atoms with Gasteiger partial charge in [0.1, 0.15) is 0 Å². The molecule has 0 radical (unpaired) electrons. The molecule has 0 aliphatic heterocycles. The predicted molar refractivity (Wildman–Crippen MR) is 121 cm³/mol. The lowest BCUT2D eigenvalue weighted by Crippen LogP contribution is -2.10. The summed E-state index contributed by atoms with van der Waals surface area (Å²) in [6.07, 6.45) is 0. The molecule has 0 N–H and O–H groups in total. The summed E-state index contributed by atoms with van der Waals surface area (Å²) in [6.45, 7) is 6.45. The molecule has 0 aliphatic rings. The van der Waals surface area contributed by atoms with Crippen LogP contribution in [0.25, 0.3) is 11.1 Å². The third kappa shape index (κ3) is 3.70. The summed E-state index contributed by atoms with van der Waals surface area (Å²) in [5.41, 5.74) is 9.86. The minimum absolute atomic E-state index is 1.16. The van der Waals surface area contributed by atoms with Crippen LogP contribution in [0, 0.1) is 20.8 Å².